The first-order valence-electron chi connectivity index (χ1n) is 26.0. The number of halogens is 3. The molecule has 7 heteroatoms. The maximum Gasteiger partial charge on any atom is 0.416 e. The van der Waals surface area contributed by atoms with E-state index < -0.39 is 11.7 Å². The molecule has 0 unspecified atom stereocenters. The number of benzene rings is 5. The third-order valence-electron chi connectivity index (χ3n) is 18.1. The molecule has 364 valence electrons. The van der Waals surface area contributed by atoms with Crippen LogP contribution in [-0.2, 0) is 44.1 Å². The highest BCUT2D eigenvalue weighted by atomic mass is 32.1. The van der Waals surface area contributed by atoms with Crippen LogP contribution >= 0.6 is 11.3 Å². The number of hydrogen-bond acceptors (Lipinski definition) is 3. The SMILES string of the molecule is CC(C)(C)c1ccc(N2c3cc(C(F)(F)F)cc4c3B(c3ccc5c(c3N4c3ccc4c(c3)C(C)(C)CCC4(C)C)C(C)(C)CCC5(C)C)c3sc4c(c32)C(C)(C)CCC4(C)C)c(-c2ccccc2)c1. The summed E-state index contributed by atoms with van der Waals surface area (Å²) in [6, 6.07) is 32.0. The van der Waals surface area contributed by atoms with Gasteiger partial charge in [-0.05, 0) is 163 Å². The van der Waals surface area contributed by atoms with Gasteiger partial charge in [0.25, 0.3) is 6.71 Å². The fourth-order valence-corrected chi connectivity index (χ4v) is 15.2. The Hall–Kier alpha value is -4.75. The molecule has 1 aromatic heterocycles. The van der Waals surface area contributed by atoms with Gasteiger partial charge in [0.15, 0.2) is 0 Å². The molecule has 5 aromatic carbocycles. The molecule has 0 radical (unpaired) electrons. The van der Waals surface area contributed by atoms with Crippen molar-refractivity contribution in [2.24, 2.45) is 0 Å². The highest BCUT2D eigenvalue weighted by molar-refractivity contribution is 7.29. The Kier molecular flexibility index (Phi) is 10.1. The lowest BCUT2D eigenvalue weighted by Crippen LogP contribution is -2.61. The first-order valence-corrected chi connectivity index (χ1v) is 26.8. The zero-order valence-corrected chi connectivity index (χ0v) is 45.2. The van der Waals surface area contributed by atoms with E-state index in [0.29, 0.717) is 11.4 Å². The van der Waals surface area contributed by atoms with Crippen molar-refractivity contribution in [2.75, 3.05) is 9.80 Å². The Balaban J connectivity index is 1.34. The summed E-state index contributed by atoms with van der Waals surface area (Å²) in [6.07, 6.45) is 1.54. The largest absolute Gasteiger partial charge is 0.416 e. The molecule has 2 nitrogen and oxygen atoms in total. The molecule has 0 saturated carbocycles. The Labute approximate surface area is 421 Å². The van der Waals surface area contributed by atoms with Crippen molar-refractivity contribution in [3.63, 3.8) is 0 Å². The van der Waals surface area contributed by atoms with Crippen LogP contribution in [-0.4, -0.2) is 6.71 Å². The van der Waals surface area contributed by atoms with Crippen LogP contribution in [0, 0.1) is 0 Å². The Morgan fingerprint density at radius 1 is 0.500 bits per heavy atom. The molecule has 0 amide bonds. The van der Waals surface area contributed by atoms with Crippen LogP contribution in [0.5, 0.6) is 0 Å². The molecular weight excluding hydrogens is 885 g/mol. The molecule has 2 aliphatic heterocycles. The van der Waals surface area contributed by atoms with Gasteiger partial charge in [0.1, 0.15) is 0 Å². The minimum atomic E-state index is -4.62. The minimum Gasteiger partial charge on any atom is -0.311 e. The van der Waals surface area contributed by atoms with Crippen LogP contribution in [0.15, 0.2) is 91.0 Å². The fraction of sp³-hybridized carbons (Fsp3) is 0.460. The van der Waals surface area contributed by atoms with E-state index in [4.69, 9.17) is 0 Å². The van der Waals surface area contributed by atoms with Gasteiger partial charge in [-0.2, -0.15) is 24.5 Å². The number of alkyl halides is 3. The molecule has 3 heterocycles. The molecule has 70 heavy (non-hydrogen) atoms. The average Bonchev–Trinajstić information content (AvgIpc) is 3.71. The van der Waals surface area contributed by atoms with E-state index in [1.54, 1.807) is 0 Å². The van der Waals surface area contributed by atoms with Crippen LogP contribution in [0.2, 0.25) is 0 Å². The summed E-state index contributed by atoms with van der Waals surface area (Å²) in [7, 11) is 0. The van der Waals surface area contributed by atoms with E-state index in [-0.39, 0.29) is 44.6 Å². The minimum absolute atomic E-state index is 0.0232. The molecule has 0 spiro atoms. The van der Waals surface area contributed by atoms with Gasteiger partial charge in [-0.3, -0.25) is 0 Å². The molecule has 6 aromatic rings. The van der Waals surface area contributed by atoms with Crippen molar-refractivity contribution in [3.8, 4) is 11.1 Å². The van der Waals surface area contributed by atoms with Gasteiger partial charge >= 0.3 is 6.18 Å². The van der Waals surface area contributed by atoms with Gasteiger partial charge in [-0.1, -0.05) is 158 Å². The molecule has 0 saturated heterocycles. The predicted octanol–water partition coefficient (Wildman–Crippen LogP) is 16.9. The number of nitrogens with zero attached hydrogens (tertiary/aromatic N) is 2. The van der Waals surface area contributed by atoms with E-state index in [9.17, 15) is 0 Å². The summed E-state index contributed by atoms with van der Waals surface area (Å²) < 4.78 is 50.1. The zero-order chi connectivity index (χ0) is 50.3. The van der Waals surface area contributed by atoms with Gasteiger partial charge in [0.05, 0.1) is 16.9 Å². The summed E-state index contributed by atoms with van der Waals surface area (Å²) in [4.78, 5) is 6.01. The molecular formula is C63H72BF3N2S. The highest BCUT2D eigenvalue weighted by Gasteiger charge is 2.54. The van der Waals surface area contributed by atoms with Gasteiger partial charge in [-0.25, -0.2) is 0 Å². The monoisotopic (exact) mass is 957 g/mol. The van der Waals surface area contributed by atoms with Crippen LogP contribution in [0.4, 0.5) is 47.3 Å². The summed E-state index contributed by atoms with van der Waals surface area (Å²) in [6.45, 7) is 34.8. The molecule has 3 aliphatic carbocycles. The van der Waals surface area contributed by atoms with E-state index in [1.165, 1.54) is 60.6 Å². The van der Waals surface area contributed by atoms with Crippen LogP contribution in [0.3, 0.4) is 0 Å². The van der Waals surface area contributed by atoms with Crippen molar-refractivity contribution in [1.82, 2.24) is 0 Å². The second-order valence-corrected chi connectivity index (χ2v) is 27.9. The van der Waals surface area contributed by atoms with E-state index >= 15 is 13.2 Å². The first kappa shape index (κ1) is 47.6. The van der Waals surface area contributed by atoms with Crippen molar-refractivity contribution >= 4 is 67.9 Å². The average molecular weight is 957 g/mol. The summed E-state index contributed by atoms with van der Waals surface area (Å²) in [5.41, 5.74) is 15.5. The van der Waals surface area contributed by atoms with Crippen molar-refractivity contribution < 1.29 is 13.2 Å². The lowest BCUT2D eigenvalue weighted by molar-refractivity contribution is -0.137. The topological polar surface area (TPSA) is 6.48 Å². The molecule has 0 atom stereocenters. The van der Waals surface area contributed by atoms with Gasteiger partial charge in [0, 0.05) is 38.0 Å². The van der Waals surface area contributed by atoms with Crippen molar-refractivity contribution in [1.29, 1.82) is 0 Å². The number of thiophene rings is 1. The predicted molar refractivity (Wildman–Crippen MR) is 293 cm³/mol. The standard InChI is InChI=1S/C63H72BF3N2S/c1-56(2,3)38-21-26-46(41(33-38)37-19-17-16-18-20-37)69-48-35-39(63(65,66)67)34-47-51(48)64(55-53(69)50-54(70-55)62(14,15)32-31-61(50,12)13)45-25-24-43-49(60(10,11)30-29-58(43,6)7)52(45)68(47)40-22-23-42-44(36-40)59(8,9)28-27-57(42,4)5/h16-26,33-36H,27-32H2,1-15H3. The van der Waals surface area contributed by atoms with Crippen molar-refractivity contribution in [2.45, 2.75) is 186 Å². The maximum absolute atomic E-state index is 16.3. The fourth-order valence-electron chi connectivity index (χ4n) is 13.4. The lowest BCUT2D eigenvalue weighted by atomic mass is 9.35. The van der Waals surface area contributed by atoms with Gasteiger partial charge in [0.2, 0.25) is 0 Å². The Bertz CT molecular complexity index is 3160. The lowest BCUT2D eigenvalue weighted by Gasteiger charge is -2.50. The smallest absolute Gasteiger partial charge is 0.311 e. The third-order valence-corrected chi connectivity index (χ3v) is 19.7. The highest BCUT2D eigenvalue weighted by Crippen LogP contribution is 2.60. The maximum atomic E-state index is 16.3. The zero-order valence-electron chi connectivity index (χ0n) is 44.4. The number of anilines is 6. The number of rotatable bonds is 3. The molecule has 0 bridgehead atoms. The van der Waals surface area contributed by atoms with Crippen LogP contribution < -0.4 is 25.5 Å². The summed E-state index contributed by atoms with van der Waals surface area (Å²) >= 11 is 1.94. The summed E-state index contributed by atoms with van der Waals surface area (Å²) in [5, 5.41) is 0. The summed E-state index contributed by atoms with van der Waals surface area (Å²) in [5.74, 6) is 0. The second kappa shape index (κ2) is 14.9. The molecule has 5 aliphatic rings. The van der Waals surface area contributed by atoms with E-state index in [1.807, 2.05) is 17.4 Å². The third kappa shape index (κ3) is 6.99. The molecule has 0 N–H and O–H groups in total. The number of hydrogen-bond donors (Lipinski definition) is 0. The van der Waals surface area contributed by atoms with Gasteiger partial charge in [-0.15, -0.1) is 0 Å². The molecule has 0 fully saturated rings. The normalized spacial score (nSPS) is 20.7. The van der Waals surface area contributed by atoms with E-state index in [0.717, 1.165) is 77.9 Å². The first-order chi connectivity index (χ1) is 32.4. The Morgan fingerprint density at radius 3 is 1.69 bits per heavy atom. The van der Waals surface area contributed by atoms with E-state index in [2.05, 4.69) is 186 Å². The second-order valence-electron chi connectivity index (χ2n) is 26.9. The van der Waals surface area contributed by atoms with Crippen LogP contribution in [0.25, 0.3) is 11.1 Å². The van der Waals surface area contributed by atoms with Crippen molar-refractivity contribution in [3.05, 3.63) is 135 Å². The molecule has 11 rings (SSSR count). The van der Waals surface area contributed by atoms with Gasteiger partial charge < -0.3 is 9.80 Å². The number of fused-ring (bicyclic) bond motifs is 9. The quantitative estimate of drug-likeness (QED) is 0.163. The Morgan fingerprint density at radius 2 is 1.06 bits per heavy atom. The van der Waals surface area contributed by atoms with Crippen LogP contribution in [0.1, 0.15) is 186 Å².